The van der Waals surface area contributed by atoms with Gasteiger partial charge in [-0.15, -0.1) is 0 Å². The van der Waals surface area contributed by atoms with Crippen LogP contribution in [0.1, 0.15) is 44.0 Å². The van der Waals surface area contributed by atoms with Crippen LogP contribution in [0, 0.1) is 5.92 Å². The van der Waals surface area contributed by atoms with E-state index in [1.807, 2.05) is 20.1 Å². The summed E-state index contributed by atoms with van der Waals surface area (Å²) in [6.45, 7) is 5.37. The molecule has 1 aromatic rings. The third-order valence-electron chi connectivity index (χ3n) is 4.47. The highest BCUT2D eigenvalue weighted by atomic mass is 32.2. The fraction of sp³-hybridized carbons (Fsp3) is 0.524. The molecule has 3 atom stereocenters. The minimum Gasteiger partial charge on any atom is -0.480 e. The van der Waals surface area contributed by atoms with E-state index < -0.39 is 30.0 Å². The smallest absolute Gasteiger partial charge is 0.325 e. The van der Waals surface area contributed by atoms with E-state index in [2.05, 4.69) is 16.0 Å². The number of aliphatic carboxylic acids is 1. The minimum atomic E-state index is -1.04. The molecule has 166 valence electrons. The Bertz CT molecular complexity index is 741. The summed E-state index contributed by atoms with van der Waals surface area (Å²) in [5.74, 6) is -0.963. The number of rotatable bonds is 14. The number of nitrogens with one attached hydrogen (secondary N) is 3. The van der Waals surface area contributed by atoms with Crippen molar-refractivity contribution in [2.45, 2.75) is 51.7 Å². The quantitative estimate of drug-likeness (QED) is 0.260. The maximum Gasteiger partial charge on any atom is 0.325 e. The van der Waals surface area contributed by atoms with E-state index in [1.54, 1.807) is 36.0 Å². The first-order chi connectivity index (χ1) is 14.2. The number of thioether (sulfide) groups is 1. The summed E-state index contributed by atoms with van der Waals surface area (Å²) in [6.07, 6.45) is 3.24. The van der Waals surface area contributed by atoms with Crippen molar-refractivity contribution in [2.75, 3.05) is 17.3 Å². The van der Waals surface area contributed by atoms with Crippen LogP contribution in [-0.4, -0.2) is 59.3 Å². The summed E-state index contributed by atoms with van der Waals surface area (Å²) in [4.78, 5) is 48.1. The standard InChI is InChI=1S/C21H31N3O5S/c1-13(2)11-18(24-20(27)17(22-12-25)9-10-30-4)19(26)15-7-5-6-8-16(15)23-14(3)21(28)29/h5-8,12-14,17-18,23H,9-11H2,1-4H3,(H,22,25)(H,24,27)(H,28,29). The number of carboxylic acids is 1. The van der Waals surface area contributed by atoms with Crippen LogP contribution < -0.4 is 16.0 Å². The lowest BCUT2D eigenvalue weighted by molar-refractivity contribution is -0.137. The van der Waals surface area contributed by atoms with Gasteiger partial charge in [-0.05, 0) is 49.8 Å². The van der Waals surface area contributed by atoms with Gasteiger partial charge in [0.1, 0.15) is 12.1 Å². The molecule has 0 aliphatic rings. The highest BCUT2D eigenvalue weighted by molar-refractivity contribution is 7.98. The van der Waals surface area contributed by atoms with E-state index in [1.165, 1.54) is 6.92 Å². The average molecular weight is 438 g/mol. The zero-order valence-electron chi connectivity index (χ0n) is 17.8. The first-order valence-corrected chi connectivity index (χ1v) is 11.2. The van der Waals surface area contributed by atoms with Gasteiger partial charge in [-0.1, -0.05) is 26.0 Å². The molecule has 0 aromatic heterocycles. The molecule has 3 unspecified atom stereocenters. The number of Topliss-reactive ketones (excluding diaryl/α,β-unsaturated/α-hetero) is 1. The van der Waals surface area contributed by atoms with Crippen LogP contribution in [0.15, 0.2) is 24.3 Å². The summed E-state index contributed by atoms with van der Waals surface area (Å²) < 4.78 is 0. The second kappa shape index (κ2) is 12.9. The molecule has 2 amide bonds. The van der Waals surface area contributed by atoms with Crippen LogP contribution >= 0.6 is 11.8 Å². The van der Waals surface area contributed by atoms with Crippen LogP contribution in [0.25, 0.3) is 0 Å². The van der Waals surface area contributed by atoms with E-state index in [4.69, 9.17) is 5.11 Å². The number of hydrogen-bond donors (Lipinski definition) is 4. The molecule has 9 heteroatoms. The highest BCUT2D eigenvalue weighted by Crippen LogP contribution is 2.21. The Balaban J connectivity index is 3.11. The molecular formula is C21H31N3O5S. The topological polar surface area (TPSA) is 125 Å². The number of carbonyl (C=O) groups is 4. The van der Waals surface area contributed by atoms with E-state index >= 15 is 0 Å². The van der Waals surface area contributed by atoms with Crippen molar-refractivity contribution in [1.29, 1.82) is 0 Å². The average Bonchev–Trinajstić information content (AvgIpc) is 2.69. The zero-order chi connectivity index (χ0) is 22.7. The molecule has 8 nitrogen and oxygen atoms in total. The Morgan fingerprint density at radius 2 is 1.80 bits per heavy atom. The Morgan fingerprint density at radius 1 is 1.13 bits per heavy atom. The van der Waals surface area contributed by atoms with Gasteiger partial charge in [0.2, 0.25) is 12.3 Å². The molecule has 30 heavy (non-hydrogen) atoms. The Labute approximate surface area is 181 Å². The van der Waals surface area contributed by atoms with Gasteiger partial charge < -0.3 is 21.1 Å². The van der Waals surface area contributed by atoms with Crippen LogP contribution in [0.4, 0.5) is 5.69 Å². The Hall–Kier alpha value is -2.55. The predicted molar refractivity (Wildman–Crippen MR) is 119 cm³/mol. The van der Waals surface area contributed by atoms with Gasteiger partial charge in [-0.25, -0.2) is 0 Å². The lowest BCUT2D eigenvalue weighted by Crippen LogP contribution is -2.50. The van der Waals surface area contributed by atoms with E-state index in [-0.39, 0.29) is 11.7 Å². The van der Waals surface area contributed by atoms with Crippen LogP contribution in [0.5, 0.6) is 0 Å². The molecular weight excluding hydrogens is 406 g/mol. The molecule has 0 radical (unpaired) electrons. The molecule has 0 saturated heterocycles. The van der Waals surface area contributed by atoms with Gasteiger partial charge in [0, 0.05) is 11.3 Å². The van der Waals surface area contributed by atoms with Gasteiger partial charge in [-0.3, -0.25) is 19.2 Å². The first-order valence-electron chi connectivity index (χ1n) is 9.82. The van der Waals surface area contributed by atoms with Gasteiger partial charge in [0.25, 0.3) is 0 Å². The summed E-state index contributed by atoms with van der Waals surface area (Å²) in [6, 6.07) is 4.22. The molecule has 0 bridgehead atoms. The maximum absolute atomic E-state index is 13.3. The normalized spacial score (nSPS) is 13.8. The summed E-state index contributed by atoms with van der Waals surface area (Å²) in [5, 5.41) is 17.3. The van der Waals surface area contributed by atoms with Crippen molar-refractivity contribution in [3.8, 4) is 0 Å². The fourth-order valence-electron chi connectivity index (χ4n) is 2.89. The third-order valence-corrected chi connectivity index (χ3v) is 5.12. The molecule has 4 N–H and O–H groups in total. The Kier molecular flexibility index (Phi) is 11.0. The number of ketones is 1. The van der Waals surface area contributed by atoms with E-state index in [9.17, 15) is 19.2 Å². The van der Waals surface area contributed by atoms with Crippen molar-refractivity contribution in [3.63, 3.8) is 0 Å². The number of anilines is 1. The Morgan fingerprint density at radius 3 is 2.37 bits per heavy atom. The van der Waals surface area contributed by atoms with Crippen molar-refractivity contribution < 1.29 is 24.3 Å². The van der Waals surface area contributed by atoms with Crippen molar-refractivity contribution in [3.05, 3.63) is 29.8 Å². The van der Waals surface area contributed by atoms with Crippen molar-refractivity contribution in [2.24, 2.45) is 5.92 Å². The molecule has 0 saturated carbocycles. The van der Waals surface area contributed by atoms with Gasteiger partial charge >= 0.3 is 5.97 Å². The number of hydrogen-bond acceptors (Lipinski definition) is 6. The third kappa shape index (κ3) is 8.06. The molecule has 0 aliphatic heterocycles. The predicted octanol–water partition coefficient (Wildman–Crippen LogP) is 2.15. The highest BCUT2D eigenvalue weighted by Gasteiger charge is 2.28. The van der Waals surface area contributed by atoms with Gasteiger partial charge in [0.15, 0.2) is 5.78 Å². The summed E-state index contributed by atoms with van der Waals surface area (Å²) in [7, 11) is 0. The monoisotopic (exact) mass is 437 g/mol. The molecule has 0 spiro atoms. The number of benzene rings is 1. The number of amides is 2. The molecule has 0 fully saturated rings. The molecule has 0 aliphatic carbocycles. The summed E-state index contributed by atoms with van der Waals surface area (Å²) >= 11 is 1.56. The second-order valence-electron chi connectivity index (χ2n) is 7.42. The van der Waals surface area contributed by atoms with Crippen molar-refractivity contribution >= 4 is 41.5 Å². The number of carboxylic acid groups (broad SMARTS) is 1. The van der Waals surface area contributed by atoms with Gasteiger partial charge in [-0.2, -0.15) is 11.8 Å². The minimum absolute atomic E-state index is 0.126. The van der Waals surface area contributed by atoms with E-state index in [0.29, 0.717) is 36.3 Å². The fourth-order valence-corrected chi connectivity index (χ4v) is 3.36. The van der Waals surface area contributed by atoms with Crippen LogP contribution in [0.3, 0.4) is 0 Å². The second-order valence-corrected chi connectivity index (χ2v) is 8.41. The maximum atomic E-state index is 13.3. The van der Waals surface area contributed by atoms with Crippen molar-refractivity contribution in [1.82, 2.24) is 10.6 Å². The molecule has 1 rings (SSSR count). The molecule has 0 heterocycles. The van der Waals surface area contributed by atoms with Crippen LogP contribution in [-0.2, 0) is 14.4 Å². The summed E-state index contributed by atoms with van der Waals surface area (Å²) in [5.41, 5.74) is 0.700. The lowest BCUT2D eigenvalue weighted by atomic mass is 9.94. The molecule has 1 aromatic carbocycles. The first kappa shape index (κ1) is 25.5. The number of carbonyl (C=O) groups excluding carboxylic acids is 3. The van der Waals surface area contributed by atoms with E-state index in [0.717, 1.165) is 0 Å². The van der Waals surface area contributed by atoms with Gasteiger partial charge in [0.05, 0.1) is 6.04 Å². The largest absolute Gasteiger partial charge is 0.480 e. The van der Waals surface area contributed by atoms with Crippen LogP contribution in [0.2, 0.25) is 0 Å². The zero-order valence-corrected chi connectivity index (χ0v) is 18.6. The SMILES string of the molecule is CSCCC(NC=O)C(=O)NC(CC(C)C)C(=O)c1ccccc1NC(C)C(=O)O. The number of para-hydroxylation sites is 1. The lowest BCUT2D eigenvalue weighted by Gasteiger charge is -2.24.